The van der Waals surface area contributed by atoms with Gasteiger partial charge in [-0.3, -0.25) is 19.3 Å². The van der Waals surface area contributed by atoms with Crippen LogP contribution in [0.2, 0.25) is 0 Å². The Labute approximate surface area is 290 Å². The average Bonchev–Trinajstić information content (AvgIpc) is 3.05. The van der Waals surface area contributed by atoms with Gasteiger partial charge in [0.1, 0.15) is 17.7 Å². The van der Waals surface area contributed by atoms with E-state index in [0.717, 1.165) is 47.9 Å². The Morgan fingerprint density at radius 2 is 1.43 bits per heavy atom. The molecular weight excluding hydrogens is 624 g/mol. The van der Waals surface area contributed by atoms with Crippen LogP contribution in [0, 0.1) is 12.3 Å². The van der Waals surface area contributed by atoms with Gasteiger partial charge in [-0.2, -0.15) is 0 Å². The standard InChI is InChI=1S/C39H50N2O8/c1-10-28(11-2)40-24(5)36(44)47-23-35(43)33-21-18-30(31-19-20-32(31)33)26-14-16-27(17-15-26)34(42)22-48-37(45)25(6)41(29(12-3)13-4)38(46)49-39(7,8)9/h3,14-18,21,24-25,28-29,40H,10-11,13,19-20,22-23H2,1-2,4-9H3/t24-,25+,29-/m0/s1. The van der Waals surface area contributed by atoms with Gasteiger partial charge in [0.15, 0.2) is 19.0 Å². The Morgan fingerprint density at radius 1 is 0.837 bits per heavy atom. The summed E-state index contributed by atoms with van der Waals surface area (Å²) in [7, 11) is 0. The SMILES string of the molecule is C#C[C@@H](CC)N(C(=O)OC(C)(C)C)[C@H](C)C(=O)OCC(=O)c1ccc(-c2ccc(C(=O)COC(=O)[C@H](C)NC(CC)CC)c3c2CC3)cc1. The van der Waals surface area contributed by atoms with Gasteiger partial charge in [0.25, 0.3) is 0 Å². The lowest BCUT2D eigenvalue weighted by molar-refractivity contribution is -0.148. The van der Waals surface area contributed by atoms with Gasteiger partial charge in [0, 0.05) is 17.2 Å². The summed E-state index contributed by atoms with van der Waals surface area (Å²) in [5, 5.41) is 3.23. The number of carbonyl (C=O) groups is 5. The van der Waals surface area contributed by atoms with Crippen LogP contribution < -0.4 is 5.32 Å². The molecule has 0 saturated carbocycles. The lowest BCUT2D eigenvalue weighted by Gasteiger charge is -2.33. The number of ether oxygens (including phenoxy) is 3. The number of hydrogen-bond acceptors (Lipinski definition) is 9. The largest absolute Gasteiger partial charge is 0.456 e. The number of esters is 2. The fourth-order valence-corrected chi connectivity index (χ4v) is 5.71. The maximum atomic E-state index is 13.0. The summed E-state index contributed by atoms with van der Waals surface area (Å²) in [6.45, 7) is 13.4. The van der Waals surface area contributed by atoms with E-state index >= 15 is 0 Å². The Hall–Kier alpha value is -4.49. The van der Waals surface area contributed by atoms with E-state index in [4.69, 9.17) is 20.6 Å². The van der Waals surface area contributed by atoms with E-state index in [2.05, 4.69) is 25.1 Å². The molecule has 0 heterocycles. The van der Waals surface area contributed by atoms with E-state index in [1.165, 1.54) is 11.8 Å². The van der Waals surface area contributed by atoms with E-state index in [0.29, 0.717) is 17.5 Å². The number of carbonyl (C=O) groups excluding carboxylic acids is 5. The first-order chi connectivity index (χ1) is 23.1. The molecule has 1 aliphatic carbocycles. The van der Waals surface area contributed by atoms with Crippen molar-refractivity contribution in [1.29, 1.82) is 0 Å². The van der Waals surface area contributed by atoms with Crippen LogP contribution in [-0.2, 0) is 36.6 Å². The smallest absolute Gasteiger partial charge is 0.412 e. The molecule has 0 aromatic heterocycles. The van der Waals surface area contributed by atoms with Gasteiger partial charge in [-0.25, -0.2) is 9.59 Å². The van der Waals surface area contributed by atoms with Crippen molar-refractivity contribution in [3.05, 3.63) is 58.7 Å². The highest BCUT2D eigenvalue weighted by atomic mass is 16.6. The molecule has 264 valence electrons. The average molecular weight is 675 g/mol. The second-order valence-corrected chi connectivity index (χ2v) is 13.3. The molecule has 49 heavy (non-hydrogen) atoms. The van der Waals surface area contributed by atoms with E-state index in [1.807, 2.05) is 18.2 Å². The molecule has 3 atom stereocenters. The zero-order chi connectivity index (χ0) is 36.5. The second-order valence-electron chi connectivity index (χ2n) is 13.3. The van der Waals surface area contributed by atoms with E-state index in [1.54, 1.807) is 52.8 Å². The van der Waals surface area contributed by atoms with Gasteiger partial charge >= 0.3 is 18.0 Å². The van der Waals surface area contributed by atoms with Gasteiger partial charge < -0.3 is 19.5 Å². The fraction of sp³-hybridized carbons (Fsp3) is 0.513. The second kappa shape index (κ2) is 17.3. The maximum absolute atomic E-state index is 13.0. The highest BCUT2D eigenvalue weighted by Gasteiger charge is 2.35. The Kier molecular flexibility index (Phi) is 13.7. The van der Waals surface area contributed by atoms with Gasteiger partial charge in [0.05, 0.1) is 6.04 Å². The molecule has 0 bridgehead atoms. The van der Waals surface area contributed by atoms with Crippen LogP contribution in [0.4, 0.5) is 4.79 Å². The fourth-order valence-electron chi connectivity index (χ4n) is 5.71. The van der Waals surface area contributed by atoms with Crippen LogP contribution in [0.25, 0.3) is 11.1 Å². The number of hydrogen-bond donors (Lipinski definition) is 1. The number of amides is 1. The van der Waals surface area contributed by atoms with Crippen LogP contribution in [0.1, 0.15) is 106 Å². The minimum atomic E-state index is -1.08. The normalized spacial score (nSPS) is 14.0. The summed E-state index contributed by atoms with van der Waals surface area (Å²) < 4.78 is 16.1. The summed E-state index contributed by atoms with van der Waals surface area (Å²) in [6, 6.07) is 8.51. The number of benzene rings is 2. The van der Waals surface area contributed by atoms with E-state index < -0.39 is 54.1 Å². The summed E-state index contributed by atoms with van der Waals surface area (Å²) in [5.74, 6) is 0.639. The summed E-state index contributed by atoms with van der Waals surface area (Å²) in [4.78, 5) is 65.4. The van der Waals surface area contributed by atoms with Crippen molar-refractivity contribution < 1.29 is 38.2 Å². The maximum Gasteiger partial charge on any atom is 0.412 e. The molecule has 0 fully saturated rings. The topological polar surface area (TPSA) is 128 Å². The Morgan fingerprint density at radius 3 is 1.96 bits per heavy atom. The minimum absolute atomic E-state index is 0.209. The first kappa shape index (κ1) is 39.0. The van der Waals surface area contributed by atoms with Crippen molar-refractivity contribution in [3.8, 4) is 23.5 Å². The van der Waals surface area contributed by atoms with Gasteiger partial charge in [0.2, 0.25) is 5.78 Å². The summed E-state index contributed by atoms with van der Waals surface area (Å²) in [5.41, 5.74) is 3.93. The van der Waals surface area contributed by atoms with Crippen molar-refractivity contribution in [2.24, 2.45) is 0 Å². The molecule has 10 nitrogen and oxygen atoms in total. The third-order valence-corrected chi connectivity index (χ3v) is 8.67. The van der Waals surface area contributed by atoms with Crippen molar-refractivity contribution in [2.75, 3.05) is 13.2 Å². The quantitative estimate of drug-likeness (QED) is 0.0971. The zero-order valence-electron chi connectivity index (χ0n) is 30.0. The molecule has 2 aromatic carbocycles. The van der Waals surface area contributed by atoms with Crippen LogP contribution >= 0.6 is 0 Å². The molecule has 2 aromatic rings. The first-order valence-corrected chi connectivity index (χ1v) is 17.0. The third-order valence-electron chi connectivity index (χ3n) is 8.67. The Bertz CT molecular complexity index is 1560. The predicted octanol–water partition coefficient (Wildman–Crippen LogP) is 6.11. The monoisotopic (exact) mass is 674 g/mol. The van der Waals surface area contributed by atoms with Crippen LogP contribution in [-0.4, -0.2) is 77.5 Å². The van der Waals surface area contributed by atoms with Crippen molar-refractivity contribution in [2.45, 2.75) is 117 Å². The molecule has 1 amide bonds. The molecule has 3 rings (SSSR count). The molecule has 1 aliphatic rings. The molecule has 0 saturated heterocycles. The Balaban J connectivity index is 1.63. The van der Waals surface area contributed by atoms with Crippen LogP contribution in [0.15, 0.2) is 36.4 Å². The zero-order valence-corrected chi connectivity index (χ0v) is 30.0. The summed E-state index contributed by atoms with van der Waals surface area (Å²) >= 11 is 0. The van der Waals surface area contributed by atoms with Crippen molar-refractivity contribution in [3.63, 3.8) is 0 Å². The van der Waals surface area contributed by atoms with Crippen molar-refractivity contribution >= 4 is 29.6 Å². The number of nitrogens with one attached hydrogen (secondary N) is 1. The third kappa shape index (κ3) is 10.0. The van der Waals surface area contributed by atoms with Gasteiger partial charge in [-0.05, 0) is 89.0 Å². The number of nitrogens with zero attached hydrogens (tertiary/aromatic N) is 1. The number of ketones is 2. The molecule has 0 aliphatic heterocycles. The predicted molar refractivity (Wildman–Crippen MR) is 187 cm³/mol. The number of terminal acetylenes is 1. The molecule has 0 radical (unpaired) electrons. The molecule has 0 spiro atoms. The minimum Gasteiger partial charge on any atom is -0.456 e. The number of rotatable bonds is 16. The van der Waals surface area contributed by atoms with Gasteiger partial charge in [-0.15, -0.1) is 6.42 Å². The molecular formula is C39H50N2O8. The first-order valence-electron chi connectivity index (χ1n) is 17.0. The van der Waals surface area contributed by atoms with Crippen molar-refractivity contribution in [1.82, 2.24) is 10.2 Å². The number of Topliss-reactive ketones (excluding diaryl/α,β-unsaturated/α-hetero) is 2. The molecule has 10 heteroatoms. The number of fused-ring (bicyclic) bond motifs is 1. The molecule has 1 N–H and O–H groups in total. The molecule has 0 unspecified atom stereocenters. The lowest BCUT2D eigenvalue weighted by atomic mass is 9.78. The van der Waals surface area contributed by atoms with E-state index in [-0.39, 0.29) is 18.4 Å². The van der Waals surface area contributed by atoms with Crippen LogP contribution in [0.3, 0.4) is 0 Å². The summed E-state index contributed by atoms with van der Waals surface area (Å²) in [6.07, 6.45) is 8.62. The van der Waals surface area contributed by atoms with Crippen LogP contribution in [0.5, 0.6) is 0 Å². The van der Waals surface area contributed by atoms with E-state index in [9.17, 15) is 24.0 Å². The van der Waals surface area contributed by atoms with Gasteiger partial charge in [-0.1, -0.05) is 63.1 Å². The lowest BCUT2D eigenvalue weighted by Crippen LogP contribution is -2.51. The highest BCUT2D eigenvalue weighted by Crippen LogP contribution is 2.36. The highest BCUT2D eigenvalue weighted by molar-refractivity contribution is 6.01.